The van der Waals surface area contributed by atoms with E-state index in [9.17, 15) is 14.0 Å². The molecule has 0 bridgehead atoms. The van der Waals surface area contributed by atoms with Crippen molar-refractivity contribution in [2.24, 2.45) is 0 Å². The Bertz CT molecular complexity index is 764. The van der Waals surface area contributed by atoms with Crippen molar-refractivity contribution in [3.05, 3.63) is 29.1 Å². The predicted molar refractivity (Wildman–Crippen MR) is 97.1 cm³/mol. The van der Waals surface area contributed by atoms with Gasteiger partial charge in [0.25, 0.3) is 0 Å². The van der Waals surface area contributed by atoms with E-state index in [-0.39, 0.29) is 17.4 Å². The number of hydrogen-bond acceptors (Lipinski definition) is 5. The van der Waals surface area contributed by atoms with E-state index in [0.717, 1.165) is 6.42 Å². The molecule has 27 heavy (non-hydrogen) atoms. The first kappa shape index (κ1) is 20.7. The Kier molecular flexibility index (Phi) is 6.42. The molecule has 146 valence electrons. The van der Waals surface area contributed by atoms with Gasteiger partial charge in [0.05, 0.1) is 24.1 Å². The highest BCUT2D eigenvalue weighted by molar-refractivity contribution is 6.00. The molecule has 1 amide bonds. The van der Waals surface area contributed by atoms with Crippen LogP contribution in [-0.4, -0.2) is 29.6 Å². The first-order valence-corrected chi connectivity index (χ1v) is 8.97. The third-order valence-corrected chi connectivity index (χ3v) is 4.15. The quantitative estimate of drug-likeness (QED) is 0.783. The lowest BCUT2D eigenvalue weighted by Gasteiger charge is -2.26. The van der Waals surface area contributed by atoms with Crippen LogP contribution in [0.15, 0.2) is 12.1 Å². The molecule has 7 heteroatoms. The predicted octanol–water partition coefficient (Wildman–Crippen LogP) is 4.06. The zero-order valence-corrected chi connectivity index (χ0v) is 16.1. The average Bonchev–Trinajstić information content (AvgIpc) is 2.91. The Labute approximate surface area is 158 Å². The molecule has 0 spiro atoms. The zero-order valence-electron chi connectivity index (χ0n) is 16.1. The molecule has 0 aliphatic heterocycles. The number of aryl methyl sites for hydroxylation is 1. The third-order valence-electron chi connectivity index (χ3n) is 4.15. The van der Waals surface area contributed by atoms with E-state index in [1.54, 1.807) is 39.8 Å². The van der Waals surface area contributed by atoms with Crippen LogP contribution < -0.4 is 10.1 Å². The summed E-state index contributed by atoms with van der Waals surface area (Å²) in [6.45, 7) is 7.02. The van der Waals surface area contributed by atoms with Crippen molar-refractivity contribution in [1.82, 2.24) is 5.32 Å². The lowest BCUT2D eigenvalue weighted by Crippen LogP contribution is -2.44. The summed E-state index contributed by atoms with van der Waals surface area (Å²) in [6.07, 6.45) is 0.787. The van der Waals surface area contributed by atoms with E-state index < -0.39 is 35.8 Å². The van der Waals surface area contributed by atoms with Crippen molar-refractivity contribution >= 4 is 11.9 Å². The Morgan fingerprint density at radius 3 is 2.67 bits per heavy atom. The number of benzene rings is 1. The van der Waals surface area contributed by atoms with Gasteiger partial charge in [0.2, 0.25) is 0 Å². The smallest absolute Gasteiger partial charge is 0.408 e. The van der Waals surface area contributed by atoms with Crippen LogP contribution in [0.5, 0.6) is 5.75 Å². The van der Waals surface area contributed by atoms with Crippen molar-refractivity contribution in [3.8, 4) is 11.8 Å². The number of alkyl carbamates (subject to hydrolysis) is 1. The van der Waals surface area contributed by atoms with Crippen molar-refractivity contribution in [2.45, 2.75) is 71.1 Å². The van der Waals surface area contributed by atoms with Crippen LogP contribution in [0, 0.1) is 24.1 Å². The minimum Gasteiger partial charge on any atom is -0.487 e. The largest absolute Gasteiger partial charge is 0.487 e. The van der Waals surface area contributed by atoms with Gasteiger partial charge in [-0.1, -0.05) is 0 Å². The summed E-state index contributed by atoms with van der Waals surface area (Å²) in [5.41, 5.74) is -0.231. The fraction of sp³-hybridized carbons (Fsp3) is 0.550. The van der Waals surface area contributed by atoms with Gasteiger partial charge in [0.1, 0.15) is 23.3 Å². The molecule has 0 aromatic heterocycles. The highest BCUT2D eigenvalue weighted by Crippen LogP contribution is 2.30. The van der Waals surface area contributed by atoms with Gasteiger partial charge in [-0.05, 0) is 64.7 Å². The molecular weight excluding hydrogens is 351 g/mol. The molecule has 2 rings (SSSR count). The topological polar surface area (TPSA) is 88.4 Å². The van der Waals surface area contributed by atoms with Crippen molar-refractivity contribution in [1.29, 1.82) is 5.26 Å². The lowest BCUT2D eigenvalue weighted by molar-refractivity contribution is 0.0462. The number of carbonyl (C=O) groups is 2. The van der Waals surface area contributed by atoms with Gasteiger partial charge in [-0.15, -0.1) is 0 Å². The van der Waals surface area contributed by atoms with Crippen molar-refractivity contribution in [3.63, 3.8) is 0 Å². The van der Waals surface area contributed by atoms with Gasteiger partial charge >= 0.3 is 6.09 Å². The van der Waals surface area contributed by atoms with Crippen LogP contribution in [0.3, 0.4) is 0 Å². The fourth-order valence-electron chi connectivity index (χ4n) is 3.09. The Morgan fingerprint density at radius 2 is 2.04 bits per heavy atom. The number of nitrogens with zero attached hydrogens (tertiary/aromatic N) is 1. The van der Waals surface area contributed by atoms with Crippen LogP contribution >= 0.6 is 0 Å². The van der Waals surface area contributed by atoms with Crippen LogP contribution in [0.25, 0.3) is 0 Å². The summed E-state index contributed by atoms with van der Waals surface area (Å²) in [4.78, 5) is 24.2. The summed E-state index contributed by atoms with van der Waals surface area (Å²) in [5, 5.41) is 11.5. The molecule has 1 N–H and O–H groups in total. The van der Waals surface area contributed by atoms with Gasteiger partial charge < -0.3 is 14.8 Å². The second-order valence-corrected chi connectivity index (χ2v) is 7.72. The van der Waals surface area contributed by atoms with Crippen molar-refractivity contribution in [2.75, 3.05) is 0 Å². The minimum atomic E-state index is -0.708. The van der Waals surface area contributed by atoms with E-state index in [1.807, 2.05) is 0 Å². The maximum Gasteiger partial charge on any atom is 0.408 e. The van der Waals surface area contributed by atoms with E-state index in [4.69, 9.17) is 14.7 Å². The van der Waals surface area contributed by atoms with Gasteiger partial charge in [-0.25, -0.2) is 9.18 Å². The molecule has 0 unspecified atom stereocenters. The second kappa shape index (κ2) is 8.38. The molecule has 0 radical (unpaired) electrons. The SMILES string of the molecule is Cc1cc(F)c(C(=O)CC#N)c(O[C@@H]2CCC[C@H]2NC(=O)OC(C)(C)C)c1. The molecule has 2 atom stereocenters. The third kappa shape index (κ3) is 5.68. The molecule has 1 aliphatic carbocycles. The minimum absolute atomic E-state index is 0.107. The Balaban J connectivity index is 2.19. The van der Waals surface area contributed by atoms with Crippen LogP contribution in [0.4, 0.5) is 9.18 Å². The van der Waals surface area contributed by atoms with Gasteiger partial charge in [0.15, 0.2) is 5.78 Å². The number of ketones is 1. The first-order valence-electron chi connectivity index (χ1n) is 8.97. The fourth-order valence-corrected chi connectivity index (χ4v) is 3.09. The molecule has 0 heterocycles. The standard InChI is InChI=1S/C20H25FN2O4/c1-12-10-13(21)18(15(24)8-9-22)17(11-12)26-16-7-5-6-14(16)23-19(25)27-20(2,3)4/h10-11,14,16H,5-8H2,1-4H3,(H,23,25)/t14-,16-/m1/s1. The van der Waals surface area contributed by atoms with Crippen molar-refractivity contribution < 1.29 is 23.5 Å². The summed E-state index contributed by atoms with van der Waals surface area (Å²) in [5.74, 6) is -1.23. The van der Waals surface area contributed by atoms with E-state index in [2.05, 4.69) is 5.32 Å². The number of ether oxygens (including phenoxy) is 2. The summed E-state index contributed by atoms with van der Waals surface area (Å²) in [6, 6.07) is 4.26. The second-order valence-electron chi connectivity index (χ2n) is 7.72. The zero-order chi connectivity index (χ0) is 20.2. The highest BCUT2D eigenvalue weighted by Gasteiger charge is 2.33. The van der Waals surface area contributed by atoms with Gasteiger partial charge in [-0.2, -0.15) is 5.26 Å². The average molecular weight is 376 g/mol. The molecule has 1 aromatic carbocycles. The molecule has 1 aromatic rings. The normalized spacial score (nSPS) is 19.3. The Morgan fingerprint density at radius 1 is 1.33 bits per heavy atom. The number of nitriles is 1. The molecular formula is C20H25FN2O4. The summed E-state index contributed by atoms with van der Waals surface area (Å²) in [7, 11) is 0. The maximum atomic E-state index is 14.4. The van der Waals surface area contributed by atoms with Gasteiger partial charge in [0, 0.05) is 0 Å². The number of nitrogens with one attached hydrogen (secondary N) is 1. The van der Waals surface area contributed by atoms with E-state index in [1.165, 1.54) is 6.07 Å². The number of amides is 1. The van der Waals surface area contributed by atoms with Crippen LogP contribution in [-0.2, 0) is 4.74 Å². The monoisotopic (exact) mass is 376 g/mol. The summed E-state index contributed by atoms with van der Waals surface area (Å²) >= 11 is 0. The summed E-state index contributed by atoms with van der Waals surface area (Å²) < 4.78 is 25.6. The molecule has 6 nitrogen and oxygen atoms in total. The molecule has 1 fully saturated rings. The van der Waals surface area contributed by atoms with Crippen LogP contribution in [0.1, 0.15) is 62.4 Å². The highest BCUT2D eigenvalue weighted by atomic mass is 19.1. The number of halogens is 1. The van der Waals surface area contributed by atoms with E-state index in [0.29, 0.717) is 18.4 Å². The van der Waals surface area contributed by atoms with Gasteiger partial charge in [-0.3, -0.25) is 4.79 Å². The van der Waals surface area contributed by atoms with Crippen LogP contribution in [0.2, 0.25) is 0 Å². The number of carbonyl (C=O) groups excluding carboxylic acids is 2. The number of rotatable bonds is 5. The first-order chi connectivity index (χ1) is 12.6. The molecule has 1 saturated carbocycles. The lowest BCUT2D eigenvalue weighted by atomic mass is 10.0. The number of Topliss-reactive ketones (excluding diaryl/α,β-unsaturated/α-hetero) is 1. The number of hydrogen-bond donors (Lipinski definition) is 1. The molecule has 1 aliphatic rings. The maximum absolute atomic E-state index is 14.4. The molecule has 0 saturated heterocycles. The van der Waals surface area contributed by atoms with E-state index >= 15 is 0 Å². The Hall–Kier alpha value is -2.62.